The van der Waals surface area contributed by atoms with Crippen LogP contribution in [0, 0.1) is 6.92 Å². The Labute approximate surface area is 97.9 Å². The second-order valence-electron chi connectivity index (χ2n) is 3.81. The molecule has 0 amide bonds. The molecule has 2 aromatic heterocycles. The summed E-state index contributed by atoms with van der Waals surface area (Å²) < 4.78 is 5.46. The van der Waals surface area contributed by atoms with E-state index in [1.165, 1.54) is 0 Å². The summed E-state index contributed by atoms with van der Waals surface area (Å²) in [7, 11) is 1.78. The number of nitrogens with one attached hydrogen (secondary N) is 2. The van der Waals surface area contributed by atoms with Crippen molar-refractivity contribution in [2.24, 2.45) is 0 Å². The molecule has 0 unspecified atom stereocenters. The van der Waals surface area contributed by atoms with Crippen molar-refractivity contribution in [3.8, 4) is 11.3 Å². The third-order valence-electron chi connectivity index (χ3n) is 2.70. The number of H-pyrrole nitrogens is 1. The van der Waals surface area contributed by atoms with Crippen LogP contribution < -0.4 is 5.32 Å². The smallest absolute Gasteiger partial charge is 0.295 e. The summed E-state index contributed by atoms with van der Waals surface area (Å²) in [6.45, 7) is 1.90. The van der Waals surface area contributed by atoms with E-state index in [2.05, 4.69) is 20.3 Å². The minimum atomic E-state index is 0.530. The van der Waals surface area contributed by atoms with Crippen LogP contribution in [0.4, 0.5) is 6.01 Å². The van der Waals surface area contributed by atoms with Crippen LogP contribution in [-0.4, -0.2) is 22.0 Å². The van der Waals surface area contributed by atoms with Gasteiger partial charge in [-0.15, -0.1) is 0 Å². The molecule has 5 heteroatoms. The Balaban J connectivity index is 2.15. The minimum Gasteiger partial charge on any atom is -0.428 e. The Bertz CT molecular complexity index is 668. The molecule has 5 nitrogen and oxygen atoms in total. The van der Waals surface area contributed by atoms with E-state index < -0.39 is 0 Å². The number of benzene rings is 1. The molecule has 86 valence electrons. The van der Waals surface area contributed by atoms with Crippen LogP contribution >= 0.6 is 0 Å². The van der Waals surface area contributed by atoms with Crippen molar-refractivity contribution in [2.45, 2.75) is 6.92 Å². The number of imidazole rings is 1. The summed E-state index contributed by atoms with van der Waals surface area (Å²) in [5, 5.41) is 2.89. The van der Waals surface area contributed by atoms with Crippen molar-refractivity contribution in [2.75, 3.05) is 12.4 Å². The van der Waals surface area contributed by atoms with Crippen molar-refractivity contribution in [1.29, 1.82) is 0 Å². The summed E-state index contributed by atoms with van der Waals surface area (Å²) in [5.41, 5.74) is 3.81. The Morgan fingerprint density at radius 1 is 1.35 bits per heavy atom. The van der Waals surface area contributed by atoms with Gasteiger partial charge in [0.25, 0.3) is 6.01 Å². The lowest BCUT2D eigenvalue weighted by Crippen LogP contribution is -1.87. The molecule has 0 saturated carbocycles. The zero-order chi connectivity index (χ0) is 11.8. The van der Waals surface area contributed by atoms with Crippen molar-refractivity contribution in [3.05, 3.63) is 30.3 Å². The molecule has 3 aromatic rings. The highest BCUT2D eigenvalue weighted by Gasteiger charge is 2.11. The number of aromatic nitrogens is 3. The highest BCUT2D eigenvalue weighted by molar-refractivity contribution is 5.81. The van der Waals surface area contributed by atoms with Gasteiger partial charge >= 0.3 is 0 Å². The van der Waals surface area contributed by atoms with Gasteiger partial charge in [0.15, 0.2) is 0 Å². The van der Waals surface area contributed by atoms with Gasteiger partial charge < -0.3 is 14.7 Å². The van der Waals surface area contributed by atoms with Gasteiger partial charge in [0, 0.05) is 12.6 Å². The average Bonchev–Trinajstić information content (AvgIpc) is 2.93. The van der Waals surface area contributed by atoms with Crippen LogP contribution in [-0.2, 0) is 0 Å². The maximum absolute atomic E-state index is 5.46. The number of hydrogen-bond donors (Lipinski definition) is 2. The molecule has 0 radical (unpaired) electrons. The second-order valence-corrected chi connectivity index (χ2v) is 3.81. The first-order chi connectivity index (χ1) is 8.28. The Morgan fingerprint density at radius 3 is 3.00 bits per heavy atom. The first-order valence-electron chi connectivity index (χ1n) is 5.36. The lowest BCUT2D eigenvalue weighted by atomic mass is 10.1. The van der Waals surface area contributed by atoms with Crippen LogP contribution in [0.15, 0.2) is 28.9 Å². The molecule has 2 N–H and O–H groups in total. The molecule has 3 rings (SSSR count). The van der Waals surface area contributed by atoms with Gasteiger partial charge in [0.1, 0.15) is 11.5 Å². The van der Waals surface area contributed by atoms with Crippen LogP contribution in [0.2, 0.25) is 0 Å². The van der Waals surface area contributed by atoms with E-state index in [1.54, 1.807) is 13.4 Å². The molecule has 0 atom stereocenters. The summed E-state index contributed by atoms with van der Waals surface area (Å²) in [5.74, 6) is 0.799. The van der Waals surface area contributed by atoms with Gasteiger partial charge in [0.05, 0.1) is 17.4 Å². The number of nitrogens with zero attached hydrogens (tertiary/aromatic N) is 2. The fraction of sp³-hybridized carbons (Fsp3) is 0.167. The van der Waals surface area contributed by atoms with E-state index >= 15 is 0 Å². The van der Waals surface area contributed by atoms with Crippen molar-refractivity contribution < 1.29 is 4.42 Å². The van der Waals surface area contributed by atoms with E-state index in [0.717, 1.165) is 28.1 Å². The van der Waals surface area contributed by atoms with E-state index in [1.807, 2.05) is 25.1 Å². The van der Waals surface area contributed by atoms with Gasteiger partial charge in [-0.05, 0) is 19.1 Å². The maximum Gasteiger partial charge on any atom is 0.295 e. The zero-order valence-corrected chi connectivity index (χ0v) is 9.61. The van der Waals surface area contributed by atoms with E-state index in [0.29, 0.717) is 6.01 Å². The molecule has 0 saturated heterocycles. The van der Waals surface area contributed by atoms with Crippen molar-refractivity contribution >= 4 is 17.0 Å². The van der Waals surface area contributed by atoms with E-state index in [4.69, 9.17) is 4.42 Å². The number of oxazole rings is 1. The molecule has 0 aliphatic carbocycles. The number of hydrogen-bond acceptors (Lipinski definition) is 4. The summed E-state index contributed by atoms with van der Waals surface area (Å²) in [6.07, 6.45) is 1.68. The first kappa shape index (κ1) is 9.89. The summed E-state index contributed by atoms with van der Waals surface area (Å²) in [4.78, 5) is 11.6. The largest absolute Gasteiger partial charge is 0.428 e. The number of rotatable bonds is 2. The van der Waals surface area contributed by atoms with Crippen LogP contribution in [0.1, 0.15) is 5.76 Å². The Kier molecular flexibility index (Phi) is 2.11. The molecule has 1 aromatic carbocycles. The fourth-order valence-corrected chi connectivity index (χ4v) is 1.85. The minimum absolute atomic E-state index is 0.530. The van der Waals surface area contributed by atoms with Gasteiger partial charge in [0.2, 0.25) is 0 Å². The number of aryl methyl sites for hydroxylation is 1. The van der Waals surface area contributed by atoms with Crippen LogP contribution in [0.3, 0.4) is 0 Å². The zero-order valence-electron chi connectivity index (χ0n) is 9.61. The molecular weight excluding hydrogens is 216 g/mol. The monoisotopic (exact) mass is 228 g/mol. The average molecular weight is 228 g/mol. The molecule has 0 spiro atoms. The molecule has 0 fully saturated rings. The molecule has 0 bridgehead atoms. The first-order valence-corrected chi connectivity index (χ1v) is 5.36. The van der Waals surface area contributed by atoms with E-state index in [9.17, 15) is 0 Å². The van der Waals surface area contributed by atoms with Gasteiger partial charge in [-0.3, -0.25) is 0 Å². The standard InChI is InChI=1S/C12H12N4O/c1-7-11(16-12(13-2)17-7)8-3-4-9-10(5-8)15-6-14-9/h3-6H,1-2H3,(H,13,16)(H,14,15). The summed E-state index contributed by atoms with van der Waals surface area (Å²) >= 11 is 0. The van der Waals surface area contributed by atoms with E-state index in [-0.39, 0.29) is 0 Å². The van der Waals surface area contributed by atoms with Crippen LogP contribution in [0.25, 0.3) is 22.3 Å². The third kappa shape index (κ3) is 1.56. The molecule has 0 aliphatic rings. The maximum atomic E-state index is 5.46. The van der Waals surface area contributed by atoms with Crippen LogP contribution in [0.5, 0.6) is 0 Å². The highest BCUT2D eigenvalue weighted by atomic mass is 16.4. The van der Waals surface area contributed by atoms with Crippen molar-refractivity contribution in [3.63, 3.8) is 0 Å². The topological polar surface area (TPSA) is 66.7 Å². The van der Waals surface area contributed by atoms with Gasteiger partial charge in [-0.25, -0.2) is 4.98 Å². The normalized spacial score (nSPS) is 10.9. The number of anilines is 1. The quantitative estimate of drug-likeness (QED) is 0.707. The van der Waals surface area contributed by atoms with Crippen molar-refractivity contribution in [1.82, 2.24) is 15.0 Å². The summed E-state index contributed by atoms with van der Waals surface area (Å²) in [6, 6.07) is 6.51. The Hall–Kier alpha value is -2.30. The number of fused-ring (bicyclic) bond motifs is 1. The molecule has 17 heavy (non-hydrogen) atoms. The predicted octanol–water partition coefficient (Wildman–Crippen LogP) is 2.57. The molecular formula is C12H12N4O. The Morgan fingerprint density at radius 2 is 2.24 bits per heavy atom. The SMILES string of the molecule is CNc1nc(-c2ccc3nc[nH]c3c2)c(C)o1. The second kappa shape index (κ2) is 3.62. The lowest BCUT2D eigenvalue weighted by molar-refractivity contribution is 0.544. The molecule has 0 aliphatic heterocycles. The lowest BCUT2D eigenvalue weighted by Gasteiger charge is -1.97. The number of aromatic amines is 1. The fourth-order valence-electron chi connectivity index (χ4n) is 1.85. The van der Waals surface area contributed by atoms with Gasteiger partial charge in [-0.1, -0.05) is 6.07 Å². The third-order valence-corrected chi connectivity index (χ3v) is 2.70. The predicted molar refractivity (Wildman–Crippen MR) is 65.9 cm³/mol. The van der Waals surface area contributed by atoms with Gasteiger partial charge in [-0.2, -0.15) is 4.98 Å². The molecule has 2 heterocycles. The highest BCUT2D eigenvalue weighted by Crippen LogP contribution is 2.27.